The van der Waals surface area contributed by atoms with Gasteiger partial charge in [0.25, 0.3) is 0 Å². The molecule has 4 aromatic rings. The highest BCUT2D eigenvalue weighted by Crippen LogP contribution is 2.25. The number of hydrogen-bond donors (Lipinski definition) is 0. The van der Waals surface area contributed by atoms with Gasteiger partial charge >= 0.3 is 5.63 Å². The van der Waals surface area contributed by atoms with Gasteiger partial charge in [-0.05, 0) is 30.7 Å². The summed E-state index contributed by atoms with van der Waals surface area (Å²) in [5, 5.41) is 5.13. The molecule has 2 aromatic carbocycles. The van der Waals surface area contributed by atoms with E-state index in [0.29, 0.717) is 23.8 Å². The standard InChI is InChI=1S/C24H23BrN4O3/c1-16(24-26-23(27-32-24)17-5-3-2-4-6-17)29-11-9-28(10-12-29)15-18-13-22(30)31-21-14-19(25)7-8-20(18)21/h2-8,13-14,16H,9-12,15H2,1H3. The van der Waals surface area contributed by atoms with E-state index in [1.54, 1.807) is 6.07 Å². The zero-order valence-corrected chi connectivity index (χ0v) is 19.3. The average Bonchev–Trinajstić information content (AvgIpc) is 3.30. The van der Waals surface area contributed by atoms with Gasteiger partial charge in [-0.25, -0.2) is 4.79 Å². The molecule has 1 saturated heterocycles. The van der Waals surface area contributed by atoms with Crippen LogP contribution in [0.4, 0.5) is 0 Å². The number of rotatable bonds is 5. The maximum Gasteiger partial charge on any atom is 0.336 e. The summed E-state index contributed by atoms with van der Waals surface area (Å²) in [5.41, 5.74) is 2.24. The van der Waals surface area contributed by atoms with E-state index in [-0.39, 0.29) is 11.7 Å². The maximum atomic E-state index is 12.0. The number of hydrogen-bond acceptors (Lipinski definition) is 7. The van der Waals surface area contributed by atoms with Crippen molar-refractivity contribution in [2.24, 2.45) is 0 Å². The Hall–Kier alpha value is -2.81. The largest absolute Gasteiger partial charge is 0.423 e. The highest BCUT2D eigenvalue weighted by molar-refractivity contribution is 9.10. The van der Waals surface area contributed by atoms with E-state index < -0.39 is 0 Å². The predicted octanol–water partition coefficient (Wildman–Crippen LogP) is 4.48. The fraction of sp³-hybridized carbons (Fsp3) is 0.292. The van der Waals surface area contributed by atoms with Gasteiger partial charge in [0.05, 0.1) is 6.04 Å². The molecule has 32 heavy (non-hydrogen) atoms. The second-order valence-corrected chi connectivity index (χ2v) is 8.96. The van der Waals surface area contributed by atoms with Crippen molar-refractivity contribution in [1.82, 2.24) is 19.9 Å². The topological polar surface area (TPSA) is 75.6 Å². The van der Waals surface area contributed by atoms with E-state index in [9.17, 15) is 4.79 Å². The lowest BCUT2D eigenvalue weighted by molar-refractivity contribution is 0.0847. The van der Waals surface area contributed by atoms with Gasteiger partial charge in [0, 0.05) is 54.2 Å². The summed E-state index contributed by atoms with van der Waals surface area (Å²) in [7, 11) is 0. The quantitative estimate of drug-likeness (QED) is 0.378. The lowest BCUT2D eigenvalue weighted by Crippen LogP contribution is -2.46. The van der Waals surface area contributed by atoms with Crippen molar-refractivity contribution in [2.75, 3.05) is 26.2 Å². The number of benzene rings is 2. The summed E-state index contributed by atoms with van der Waals surface area (Å²) in [5.74, 6) is 1.25. The van der Waals surface area contributed by atoms with Crippen molar-refractivity contribution < 1.29 is 8.94 Å². The Morgan fingerprint density at radius 2 is 1.84 bits per heavy atom. The van der Waals surface area contributed by atoms with Gasteiger partial charge in [-0.15, -0.1) is 0 Å². The van der Waals surface area contributed by atoms with Gasteiger partial charge in [0.1, 0.15) is 5.58 Å². The molecule has 3 heterocycles. The van der Waals surface area contributed by atoms with Crippen LogP contribution >= 0.6 is 15.9 Å². The lowest BCUT2D eigenvalue weighted by atomic mass is 10.1. The molecular weight excluding hydrogens is 472 g/mol. The second kappa shape index (κ2) is 8.97. The lowest BCUT2D eigenvalue weighted by Gasteiger charge is -2.36. The fourth-order valence-corrected chi connectivity index (χ4v) is 4.49. The van der Waals surface area contributed by atoms with Crippen molar-refractivity contribution in [2.45, 2.75) is 19.5 Å². The summed E-state index contributed by atoms with van der Waals surface area (Å²) < 4.78 is 11.8. The molecule has 7 nitrogen and oxygen atoms in total. The van der Waals surface area contributed by atoms with Gasteiger partial charge in [-0.2, -0.15) is 4.98 Å². The smallest absolute Gasteiger partial charge is 0.336 e. The molecule has 0 bridgehead atoms. The normalized spacial score (nSPS) is 16.4. The van der Waals surface area contributed by atoms with Crippen LogP contribution in [0.2, 0.25) is 0 Å². The summed E-state index contributed by atoms with van der Waals surface area (Å²) in [6.45, 7) is 6.37. The van der Waals surface area contributed by atoms with Crippen LogP contribution in [0.3, 0.4) is 0 Å². The number of halogens is 1. The Morgan fingerprint density at radius 1 is 1.06 bits per heavy atom. The van der Waals surface area contributed by atoms with E-state index in [0.717, 1.165) is 47.2 Å². The highest BCUT2D eigenvalue weighted by Gasteiger charge is 2.26. The van der Waals surface area contributed by atoms with Gasteiger partial charge in [-0.3, -0.25) is 9.80 Å². The first kappa shape index (κ1) is 21.1. The Labute approximate surface area is 193 Å². The van der Waals surface area contributed by atoms with Gasteiger partial charge in [0.15, 0.2) is 0 Å². The van der Waals surface area contributed by atoms with Crippen LogP contribution in [0.1, 0.15) is 24.4 Å². The third-order valence-electron chi connectivity index (χ3n) is 5.97. The molecule has 8 heteroatoms. The van der Waals surface area contributed by atoms with E-state index in [4.69, 9.17) is 8.94 Å². The van der Waals surface area contributed by atoms with Crippen LogP contribution in [-0.4, -0.2) is 46.1 Å². The van der Waals surface area contributed by atoms with Crippen LogP contribution in [-0.2, 0) is 6.54 Å². The molecule has 0 saturated carbocycles. The third-order valence-corrected chi connectivity index (χ3v) is 6.47. The van der Waals surface area contributed by atoms with E-state index in [1.807, 2.05) is 48.5 Å². The molecule has 0 amide bonds. The molecule has 1 aliphatic heterocycles. The summed E-state index contributed by atoms with van der Waals surface area (Å²) in [6.07, 6.45) is 0. The average molecular weight is 495 g/mol. The molecule has 5 rings (SSSR count). The fourth-order valence-electron chi connectivity index (χ4n) is 4.15. The molecule has 1 fully saturated rings. The van der Waals surface area contributed by atoms with Crippen LogP contribution in [0, 0.1) is 0 Å². The van der Waals surface area contributed by atoms with Crippen LogP contribution < -0.4 is 5.63 Å². The first-order valence-electron chi connectivity index (χ1n) is 10.6. The van der Waals surface area contributed by atoms with Crippen molar-refractivity contribution >= 4 is 26.9 Å². The minimum absolute atomic E-state index is 0.0454. The molecule has 1 atom stereocenters. The second-order valence-electron chi connectivity index (χ2n) is 8.04. The molecular formula is C24H23BrN4O3. The van der Waals surface area contributed by atoms with Crippen LogP contribution in [0.25, 0.3) is 22.4 Å². The van der Waals surface area contributed by atoms with Crippen molar-refractivity contribution in [3.8, 4) is 11.4 Å². The number of aromatic nitrogens is 2. The molecule has 0 N–H and O–H groups in total. The SMILES string of the molecule is CC(c1nc(-c2ccccc2)no1)N1CCN(Cc2cc(=O)oc3cc(Br)ccc23)CC1. The van der Waals surface area contributed by atoms with E-state index >= 15 is 0 Å². The summed E-state index contributed by atoms with van der Waals surface area (Å²) >= 11 is 3.44. The summed E-state index contributed by atoms with van der Waals surface area (Å²) in [6, 6.07) is 17.3. The van der Waals surface area contributed by atoms with Gasteiger partial charge < -0.3 is 8.94 Å². The minimum Gasteiger partial charge on any atom is -0.423 e. The maximum absolute atomic E-state index is 12.0. The van der Waals surface area contributed by atoms with Crippen molar-refractivity contribution in [3.63, 3.8) is 0 Å². The molecule has 0 spiro atoms. The third kappa shape index (κ3) is 4.39. The van der Waals surface area contributed by atoms with Gasteiger partial charge in [-0.1, -0.05) is 51.4 Å². The van der Waals surface area contributed by atoms with E-state index in [1.165, 1.54) is 0 Å². The molecule has 164 valence electrons. The Kier molecular flexibility index (Phi) is 5.91. The highest BCUT2D eigenvalue weighted by atomic mass is 79.9. The summed E-state index contributed by atoms with van der Waals surface area (Å²) in [4.78, 5) is 21.4. The Balaban J connectivity index is 1.25. The predicted molar refractivity (Wildman–Crippen MR) is 125 cm³/mol. The molecule has 1 aliphatic rings. The Morgan fingerprint density at radius 3 is 2.62 bits per heavy atom. The molecule has 1 unspecified atom stereocenters. The number of nitrogens with zero attached hydrogens (tertiary/aromatic N) is 4. The minimum atomic E-state index is -0.316. The first-order valence-corrected chi connectivity index (χ1v) is 11.4. The number of fused-ring (bicyclic) bond motifs is 1. The van der Waals surface area contributed by atoms with Crippen molar-refractivity contribution in [3.05, 3.63) is 80.9 Å². The zero-order chi connectivity index (χ0) is 22.1. The van der Waals surface area contributed by atoms with Crippen LogP contribution in [0.15, 0.2) is 72.8 Å². The molecule has 0 aliphatic carbocycles. The number of piperazine rings is 1. The zero-order valence-electron chi connectivity index (χ0n) is 17.7. The monoisotopic (exact) mass is 494 g/mol. The first-order chi connectivity index (χ1) is 15.6. The van der Waals surface area contributed by atoms with Crippen molar-refractivity contribution in [1.29, 1.82) is 0 Å². The van der Waals surface area contributed by atoms with Crippen LogP contribution in [0.5, 0.6) is 0 Å². The van der Waals surface area contributed by atoms with E-state index in [2.05, 4.69) is 42.8 Å². The molecule has 2 aromatic heterocycles. The Bertz CT molecular complexity index is 1280. The molecule has 0 radical (unpaired) electrons. The van der Waals surface area contributed by atoms with Gasteiger partial charge in [0.2, 0.25) is 11.7 Å².